The van der Waals surface area contributed by atoms with Gasteiger partial charge in [-0.05, 0) is 18.3 Å². The third kappa shape index (κ3) is 5.64. The lowest BCUT2D eigenvalue weighted by atomic mass is 9.90. The molecule has 78 valence electrons. The lowest BCUT2D eigenvalue weighted by Crippen LogP contribution is -2.30. The van der Waals surface area contributed by atoms with Crippen LogP contribution in [0.2, 0.25) is 0 Å². The van der Waals surface area contributed by atoms with Gasteiger partial charge in [0.2, 0.25) is 0 Å². The first kappa shape index (κ1) is 12.4. The first-order valence-electron chi connectivity index (χ1n) is 4.94. The highest BCUT2D eigenvalue weighted by Gasteiger charge is 2.16. The van der Waals surface area contributed by atoms with E-state index >= 15 is 0 Å². The van der Waals surface area contributed by atoms with Crippen LogP contribution in [0.3, 0.4) is 0 Å². The molecule has 3 atom stereocenters. The molecule has 3 heteroatoms. The summed E-state index contributed by atoms with van der Waals surface area (Å²) in [6.45, 7) is 6.15. The van der Waals surface area contributed by atoms with Crippen LogP contribution in [0, 0.1) is 11.8 Å². The Hall–Kier alpha value is -0.570. The van der Waals surface area contributed by atoms with Gasteiger partial charge in [-0.1, -0.05) is 27.2 Å². The molecule has 3 nitrogen and oxygen atoms in total. The third-order valence-corrected chi connectivity index (χ3v) is 2.57. The predicted molar refractivity (Wildman–Crippen MR) is 53.5 cm³/mol. The summed E-state index contributed by atoms with van der Waals surface area (Å²) in [6.07, 6.45) is 2.09. The Balaban J connectivity index is 3.76. The van der Waals surface area contributed by atoms with Crippen molar-refractivity contribution in [3.05, 3.63) is 0 Å². The van der Waals surface area contributed by atoms with E-state index in [4.69, 9.17) is 10.8 Å². The molecule has 0 aromatic heterocycles. The molecule has 3 N–H and O–H groups in total. The molecule has 0 radical (unpaired) electrons. The van der Waals surface area contributed by atoms with E-state index in [0.29, 0.717) is 5.92 Å². The fourth-order valence-corrected chi connectivity index (χ4v) is 1.38. The minimum atomic E-state index is -0.733. The van der Waals surface area contributed by atoms with Gasteiger partial charge in [-0.3, -0.25) is 4.79 Å². The number of carbonyl (C=O) groups is 1. The Kier molecular flexibility index (Phi) is 5.71. The quantitative estimate of drug-likeness (QED) is 0.667. The molecule has 0 aliphatic heterocycles. The molecule has 0 rings (SSSR count). The van der Waals surface area contributed by atoms with Crippen LogP contribution in [-0.4, -0.2) is 17.1 Å². The van der Waals surface area contributed by atoms with Crippen LogP contribution in [0.1, 0.15) is 40.0 Å². The summed E-state index contributed by atoms with van der Waals surface area (Å²) in [6, 6.07) is 0.138. The Morgan fingerprint density at radius 1 is 1.46 bits per heavy atom. The largest absolute Gasteiger partial charge is 0.481 e. The topological polar surface area (TPSA) is 63.3 Å². The number of carboxylic acid groups (broad SMARTS) is 1. The van der Waals surface area contributed by atoms with Crippen LogP contribution in [0.4, 0.5) is 0 Å². The molecule has 0 amide bonds. The molecule has 0 saturated carbocycles. The molecular weight excluding hydrogens is 166 g/mol. The number of aliphatic carboxylic acids is 1. The normalized spacial score (nSPS) is 17.8. The minimum absolute atomic E-state index is 0.138. The zero-order valence-electron chi connectivity index (χ0n) is 8.79. The molecule has 0 aliphatic carbocycles. The Labute approximate surface area is 80.3 Å². The summed E-state index contributed by atoms with van der Waals surface area (Å²) in [5.74, 6) is -0.0680. The summed E-state index contributed by atoms with van der Waals surface area (Å²) in [5.41, 5.74) is 5.91. The van der Waals surface area contributed by atoms with Gasteiger partial charge < -0.3 is 10.8 Å². The fraction of sp³-hybridized carbons (Fsp3) is 0.900. The first-order chi connectivity index (χ1) is 5.97. The smallest absolute Gasteiger partial charge is 0.303 e. The van der Waals surface area contributed by atoms with E-state index in [1.54, 1.807) is 0 Å². The molecule has 0 aromatic carbocycles. The number of rotatable bonds is 6. The van der Waals surface area contributed by atoms with Crippen LogP contribution in [0.15, 0.2) is 0 Å². The third-order valence-electron chi connectivity index (χ3n) is 2.57. The molecule has 0 aliphatic rings. The van der Waals surface area contributed by atoms with E-state index in [1.807, 2.05) is 6.92 Å². The molecule has 0 spiro atoms. The van der Waals surface area contributed by atoms with Crippen LogP contribution < -0.4 is 5.73 Å². The summed E-state index contributed by atoms with van der Waals surface area (Å²) in [5, 5.41) is 8.55. The van der Waals surface area contributed by atoms with Gasteiger partial charge in [0.1, 0.15) is 0 Å². The second-order valence-electron chi connectivity index (χ2n) is 3.99. The average Bonchev–Trinajstić information content (AvgIpc) is 2.01. The van der Waals surface area contributed by atoms with Gasteiger partial charge in [-0.25, -0.2) is 0 Å². The Bertz CT molecular complexity index is 159. The summed E-state index contributed by atoms with van der Waals surface area (Å²) in [4.78, 5) is 10.4. The average molecular weight is 187 g/mol. The first-order valence-corrected chi connectivity index (χ1v) is 4.94. The van der Waals surface area contributed by atoms with Crippen molar-refractivity contribution in [1.29, 1.82) is 0 Å². The SMILES string of the molecule is CC[C@H](C)[C@@H](N)C[C@H](C)CC(=O)O. The van der Waals surface area contributed by atoms with Crippen LogP contribution in [-0.2, 0) is 4.79 Å². The van der Waals surface area contributed by atoms with E-state index in [2.05, 4.69) is 13.8 Å². The van der Waals surface area contributed by atoms with E-state index in [9.17, 15) is 4.79 Å². The standard InChI is InChI=1S/C10H21NO2/c1-4-8(3)9(11)5-7(2)6-10(12)13/h7-9H,4-6,11H2,1-3H3,(H,12,13)/t7-,8-,9-/m0/s1. The highest BCUT2D eigenvalue weighted by molar-refractivity contribution is 5.66. The van der Waals surface area contributed by atoms with Crippen molar-refractivity contribution < 1.29 is 9.90 Å². The zero-order chi connectivity index (χ0) is 10.4. The second-order valence-corrected chi connectivity index (χ2v) is 3.99. The van der Waals surface area contributed by atoms with E-state index in [1.165, 1.54) is 0 Å². The lowest BCUT2D eigenvalue weighted by Gasteiger charge is -2.21. The molecule has 0 aromatic rings. The molecule has 0 fully saturated rings. The summed E-state index contributed by atoms with van der Waals surface area (Å²) in [7, 11) is 0. The molecule has 0 unspecified atom stereocenters. The summed E-state index contributed by atoms with van der Waals surface area (Å²) >= 11 is 0. The molecule has 0 bridgehead atoms. The predicted octanol–water partition coefficient (Wildman–Crippen LogP) is 1.86. The van der Waals surface area contributed by atoms with Crippen molar-refractivity contribution in [3.63, 3.8) is 0 Å². The van der Waals surface area contributed by atoms with Crippen molar-refractivity contribution in [1.82, 2.24) is 0 Å². The fourth-order valence-electron chi connectivity index (χ4n) is 1.38. The Morgan fingerprint density at radius 3 is 2.38 bits per heavy atom. The van der Waals surface area contributed by atoms with Crippen molar-refractivity contribution in [2.24, 2.45) is 17.6 Å². The van der Waals surface area contributed by atoms with Gasteiger partial charge in [0, 0.05) is 12.5 Å². The zero-order valence-corrected chi connectivity index (χ0v) is 8.79. The highest BCUT2D eigenvalue weighted by Crippen LogP contribution is 2.16. The van der Waals surface area contributed by atoms with Crippen LogP contribution in [0.5, 0.6) is 0 Å². The van der Waals surface area contributed by atoms with Crippen LogP contribution >= 0.6 is 0 Å². The van der Waals surface area contributed by atoms with E-state index < -0.39 is 5.97 Å². The number of hydrogen-bond acceptors (Lipinski definition) is 2. The molecule has 0 saturated heterocycles. The molecule has 13 heavy (non-hydrogen) atoms. The number of carboxylic acids is 1. The monoisotopic (exact) mass is 187 g/mol. The summed E-state index contributed by atoms with van der Waals surface area (Å²) < 4.78 is 0. The minimum Gasteiger partial charge on any atom is -0.481 e. The highest BCUT2D eigenvalue weighted by atomic mass is 16.4. The van der Waals surface area contributed by atoms with E-state index in [-0.39, 0.29) is 18.4 Å². The van der Waals surface area contributed by atoms with Crippen molar-refractivity contribution >= 4 is 5.97 Å². The number of nitrogens with two attached hydrogens (primary N) is 1. The van der Waals surface area contributed by atoms with Gasteiger partial charge in [0.05, 0.1) is 0 Å². The molecular formula is C10H21NO2. The maximum Gasteiger partial charge on any atom is 0.303 e. The van der Waals surface area contributed by atoms with Gasteiger partial charge in [-0.2, -0.15) is 0 Å². The maximum absolute atomic E-state index is 10.4. The van der Waals surface area contributed by atoms with Gasteiger partial charge >= 0.3 is 5.97 Å². The van der Waals surface area contributed by atoms with Crippen molar-refractivity contribution in [2.75, 3.05) is 0 Å². The van der Waals surface area contributed by atoms with Gasteiger partial charge in [0.25, 0.3) is 0 Å². The van der Waals surface area contributed by atoms with E-state index in [0.717, 1.165) is 12.8 Å². The lowest BCUT2D eigenvalue weighted by molar-refractivity contribution is -0.138. The second kappa shape index (κ2) is 5.97. The van der Waals surface area contributed by atoms with Crippen LogP contribution in [0.25, 0.3) is 0 Å². The number of hydrogen-bond donors (Lipinski definition) is 2. The van der Waals surface area contributed by atoms with Gasteiger partial charge in [0.15, 0.2) is 0 Å². The van der Waals surface area contributed by atoms with Crippen molar-refractivity contribution in [2.45, 2.75) is 46.1 Å². The van der Waals surface area contributed by atoms with Gasteiger partial charge in [-0.15, -0.1) is 0 Å². The maximum atomic E-state index is 10.4. The molecule has 0 heterocycles. The Morgan fingerprint density at radius 2 is 2.00 bits per heavy atom. The van der Waals surface area contributed by atoms with Crippen molar-refractivity contribution in [3.8, 4) is 0 Å².